The quantitative estimate of drug-likeness (QED) is 0.174. The molecule has 0 spiro atoms. The number of rotatable bonds is 5. The predicted molar refractivity (Wildman–Crippen MR) is 269 cm³/mol. The molecule has 0 saturated carbocycles. The number of allylic oxidation sites excluding steroid dienone is 6. The number of aromatic nitrogens is 5. The maximum absolute atomic E-state index is 6.48. The van der Waals surface area contributed by atoms with Gasteiger partial charge in [0.2, 0.25) is 5.95 Å². The first-order valence-electron chi connectivity index (χ1n) is 22.1. The maximum atomic E-state index is 6.48. The Morgan fingerprint density at radius 3 is 1.55 bits per heavy atom. The minimum Gasteiger partial charge on any atom is -0.456 e. The molecule has 0 atom stereocenters. The lowest BCUT2D eigenvalue weighted by Crippen LogP contribution is -2.08. The predicted octanol–water partition coefficient (Wildman–Crippen LogP) is 15.2. The molecule has 1 aliphatic carbocycles. The fourth-order valence-corrected chi connectivity index (χ4v) is 10.4. The van der Waals surface area contributed by atoms with Gasteiger partial charge in [-0.05, 0) is 90.3 Å². The Balaban J connectivity index is 0.947. The highest BCUT2D eigenvalue weighted by Gasteiger charge is 2.21. The van der Waals surface area contributed by atoms with Crippen LogP contribution >= 0.6 is 0 Å². The van der Waals surface area contributed by atoms with Crippen LogP contribution in [-0.2, 0) is 0 Å². The zero-order chi connectivity index (χ0) is 42.6. The van der Waals surface area contributed by atoms with Gasteiger partial charge in [0.1, 0.15) is 17.0 Å². The molecule has 0 unspecified atom stereocenters. The Bertz CT molecular complexity index is 4120. The second-order valence-electron chi connectivity index (χ2n) is 16.9. The minimum absolute atomic E-state index is 0.627. The first-order valence-corrected chi connectivity index (χ1v) is 22.1. The Kier molecular flexibility index (Phi) is 7.65. The van der Waals surface area contributed by atoms with Crippen LogP contribution in [0.1, 0.15) is 12.1 Å². The van der Waals surface area contributed by atoms with E-state index < -0.39 is 0 Å². The molecule has 0 bridgehead atoms. The van der Waals surface area contributed by atoms with Crippen molar-refractivity contribution in [3.8, 4) is 28.6 Å². The number of fused-ring (bicyclic) bond motifs is 12. The number of nitrogens with zero attached hydrogens (tertiary/aromatic N) is 5. The normalized spacial score (nSPS) is 13.1. The van der Waals surface area contributed by atoms with E-state index in [4.69, 9.17) is 14.4 Å². The Morgan fingerprint density at radius 2 is 0.908 bits per heavy atom. The second kappa shape index (κ2) is 13.9. The topological polar surface area (TPSA) is 53.7 Å². The molecule has 65 heavy (non-hydrogen) atoms. The van der Waals surface area contributed by atoms with Crippen molar-refractivity contribution in [2.24, 2.45) is 0 Å². The van der Waals surface area contributed by atoms with Crippen LogP contribution in [0.4, 0.5) is 0 Å². The average molecular weight is 832 g/mol. The summed E-state index contributed by atoms with van der Waals surface area (Å²) in [4.78, 5) is 10.8. The fourth-order valence-electron chi connectivity index (χ4n) is 10.4. The molecule has 6 nitrogen and oxygen atoms in total. The van der Waals surface area contributed by atoms with Gasteiger partial charge < -0.3 is 8.98 Å². The molecule has 5 heterocycles. The molecule has 0 N–H and O–H groups in total. The fraction of sp³-hybridized carbons (Fsp3) is 0.0169. The molecular weight excluding hydrogens is 795 g/mol. The molecule has 304 valence electrons. The van der Waals surface area contributed by atoms with E-state index in [2.05, 4.69) is 226 Å². The zero-order valence-corrected chi connectivity index (χ0v) is 35.1. The van der Waals surface area contributed by atoms with Crippen molar-refractivity contribution in [2.75, 3.05) is 0 Å². The van der Waals surface area contributed by atoms with Gasteiger partial charge in [0, 0.05) is 60.4 Å². The van der Waals surface area contributed by atoms with E-state index in [1.54, 1.807) is 0 Å². The van der Waals surface area contributed by atoms with E-state index >= 15 is 0 Å². The van der Waals surface area contributed by atoms with Crippen LogP contribution in [0.25, 0.3) is 122 Å². The Morgan fingerprint density at radius 1 is 0.400 bits per heavy atom. The van der Waals surface area contributed by atoms with Crippen molar-refractivity contribution in [1.29, 1.82) is 0 Å². The zero-order valence-electron chi connectivity index (χ0n) is 35.1. The van der Waals surface area contributed by atoms with Crippen molar-refractivity contribution in [3.05, 3.63) is 218 Å². The molecule has 0 amide bonds. The molecule has 13 aromatic rings. The Hall–Kier alpha value is -8.74. The van der Waals surface area contributed by atoms with Gasteiger partial charge in [-0.1, -0.05) is 134 Å². The first-order chi connectivity index (χ1) is 32.2. The summed E-state index contributed by atoms with van der Waals surface area (Å²) in [6.45, 7) is 0. The van der Waals surface area contributed by atoms with Gasteiger partial charge in [-0.2, -0.15) is 4.98 Å². The van der Waals surface area contributed by atoms with Crippen molar-refractivity contribution in [1.82, 2.24) is 23.7 Å². The van der Waals surface area contributed by atoms with Gasteiger partial charge in [-0.15, -0.1) is 0 Å². The molecule has 1 aliphatic rings. The van der Waals surface area contributed by atoms with Gasteiger partial charge in [-0.3, -0.25) is 9.13 Å². The molecule has 0 saturated heterocycles. The standard InChI is InChI=1S/C59H37N5O/c1-2-4-16-37(15-3-1)49-36-58(61-59(60-49)64-53-25-13-7-19-43(53)44-20-8-14-26-54(44)64)63-52-24-12-9-21-45(52)46-33-38(27-30-55(46)63)39-28-31-56-47(34-39)48-35-40(29-32-57(48)65-56)62-50-22-10-5-17-41(50)42-18-6-11-23-51(42)62/h1,3-36H,2H2. The summed E-state index contributed by atoms with van der Waals surface area (Å²) in [6.07, 6.45) is 11.7. The highest BCUT2D eigenvalue weighted by molar-refractivity contribution is 6.13. The van der Waals surface area contributed by atoms with Gasteiger partial charge in [0.25, 0.3) is 0 Å². The lowest BCUT2D eigenvalue weighted by atomic mass is 10.0. The van der Waals surface area contributed by atoms with Gasteiger partial charge in [0.05, 0.1) is 38.8 Å². The van der Waals surface area contributed by atoms with E-state index in [-0.39, 0.29) is 0 Å². The average Bonchev–Trinajstić information content (AvgIpc) is 4.03. The second-order valence-corrected chi connectivity index (χ2v) is 16.9. The number of benzene rings is 8. The van der Waals surface area contributed by atoms with Crippen molar-refractivity contribution < 1.29 is 4.42 Å². The molecular formula is C59H37N5O. The number of hydrogen-bond acceptors (Lipinski definition) is 3. The van der Waals surface area contributed by atoms with Crippen molar-refractivity contribution in [3.63, 3.8) is 0 Å². The summed E-state index contributed by atoms with van der Waals surface area (Å²) in [7, 11) is 0. The molecule has 5 aromatic heterocycles. The van der Waals surface area contributed by atoms with E-state index in [9.17, 15) is 0 Å². The summed E-state index contributed by atoms with van der Waals surface area (Å²) >= 11 is 0. The summed E-state index contributed by atoms with van der Waals surface area (Å²) in [5, 5.41) is 9.32. The summed E-state index contributed by atoms with van der Waals surface area (Å²) in [5.74, 6) is 1.43. The molecule has 14 rings (SSSR count). The summed E-state index contributed by atoms with van der Waals surface area (Å²) in [6, 6.07) is 65.1. The molecule has 0 fully saturated rings. The Labute approximate surface area is 372 Å². The SMILES string of the molecule is C1=CCC=CC(c2cc(-n3c4ccccc4c4cc(-c5ccc6oc7ccc(-n8c9ccccc9c9ccccc98)cc7c6c5)ccc43)nc(-n3c4ccccc4c4ccccc43)n2)=C1. The third-order valence-corrected chi connectivity index (χ3v) is 13.3. The van der Waals surface area contributed by atoms with Gasteiger partial charge in [-0.25, -0.2) is 4.98 Å². The highest BCUT2D eigenvalue weighted by Crippen LogP contribution is 2.40. The number of para-hydroxylation sites is 5. The summed E-state index contributed by atoms with van der Waals surface area (Å²) < 4.78 is 13.4. The van der Waals surface area contributed by atoms with Crippen LogP contribution < -0.4 is 0 Å². The van der Waals surface area contributed by atoms with E-state index in [0.717, 1.165) is 95.1 Å². The summed E-state index contributed by atoms with van der Waals surface area (Å²) in [5.41, 5.74) is 13.7. The molecule has 0 radical (unpaired) electrons. The van der Waals surface area contributed by atoms with Crippen LogP contribution in [0.3, 0.4) is 0 Å². The van der Waals surface area contributed by atoms with E-state index in [1.807, 2.05) is 0 Å². The van der Waals surface area contributed by atoms with Crippen LogP contribution in [0.15, 0.2) is 217 Å². The first kappa shape index (κ1) is 35.8. The molecule has 0 aliphatic heterocycles. The van der Waals surface area contributed by atoms with E-state index in [0.29, 0.717) is 5.95 Å². The third kappa shape index (κ3) is 5.41. The van der Waals surface area contributed by atoms with Crippen molar-refractivity contribution in [2.45, 2.75) is 6.42 Å². The van der Waals surface area contributed by atoms with Crippen molar-refractivity contribution >= 4 is 92.9 Å². The maximum Gasteiger partial charge on any atom is 0.237 e. The lowest BCUT2D eigenvalue weighted by Gasteiger charge is -2.14. The lowest BCUT2D eigenvalue weighted by molar-refractivity contribution is 0.669. The highest BCUT2D eigenvalue weighted by atomic mass is 16.3. The third-order valence-electron chi connectivity index (χ3n) is 13.3. The number of hydrogen-bond donors (Lipinski definition) is 0. The van der Waals surface area contributed by atoms with Crippen LogP contribution in [0.5, 0.6) is 0 Å². The van der Waals surface area contributed by atoms with E-state index in [1.165, 1.54) is 32.6 Å². The molecule has 6 heteroatoms. The smallest absolute Gasteiger partial charge is 0.237 e. The van der Waals surface area contributed by atoms with Gasteiger partial charge >= 0.3 is 0 Å². The van der Waals surface area contributed by atoms with Crippen LogP contribution in [-0.4, -0.2) is 23.7 Å². The van der Waals surface area contributed by atoms with Crippen LogP contribution in [0.2, 0.25) is 0 Å². The minimum atomic E-state index is 0.627. The largest absolute Gasteiger partial charge is 0.456 e. The van der Waals surface area contributed by atoms with Crippen LogP contribution in [0, 0.1) is 0 Å². The van der Waals surface area contributed by atoms with Gasteiger partial charge in [0.15, 0.2) is 0 Å². The number of furan rings is 1. The monoisotopic (exact) mass is 831 g/mol. The molecule has 8 aromatic carbocycles.